The topological polar surface area (TPSA) is 135 Å². The van der Waals surface area contributed by atoms with Gasteiger partial charge in [-0.2, -0.15) is 0 Å². The molecule has 0 aromatic heterocycles. The minimum Gasteiger partial charge on any atom is -0.465 e. The Hall–Kier alpha value is -1.83. The van der Waals surface area contributed by atoms with E-state index in [4.69, 9.17) is 20.6 Å². The number of unbranched alkanes of at least 4 members (excludes halogenated alkanes) is 4. The number of esters is 1. The molecule has 5 N–H and O–H groups in total. The molecule has 0 aliphatic heterocycles. The lowest BCUT2D eigenvalue weighted by molar-refractivity contribution is -0.160. The maximum absolute atomic E-state index is 12.3. The first kappa shape index (κ1) is 27.2. The van der Waals surface area contributed by atoms with Gasteiger partial charge in [-0.25, -0.2) is 4.79 Å². The van der Waals surface area contributed by atoms with Gasteiger partial charge in [-0.15, -0.1) is 0 Å². The average molecular weight is 416 g/mol. The number of ether oxygens (including phenoxy) is 2. The van der Waals surface area contributed by atoms with E-state index in [2.05, 4.69) is 26.1 Å². The fourth-order valence-corrected chi connectivity index (χ4v) is 2.54. The molecule has 0 saturated carbocycles. The molecule has 0 aromatic rings. The number of nitrogens with two attached hydrogens (primary N) is 1. The highest BCUT2D eigenvalue weighted by Gasteiger charge is 2.36. The third-order valence-electron chi connectivity index (χ3n) is 4.56. The minimum absolute atomic E-state index is 0.208. The largest absolute Gasteiger partial charge is 0.465 e. The fourth-order valence-electron chi connectivity index (χ4n) is 2.54. The zero-order valence-electron chi connectivity index (χ0n) is 18.6. The molecule has 0 radical (unpaired) electrons. The van der Waals surface area contributed by atoms with Gasteiger partial charge in [-0.3, -0.25) is 10.2 Å². The molecule has 0 aromatic carbocycles. The van der Waals surface area contributed by atoms with Gasteiger partial charge in [0.25, 0.3) is 0 Å². The molecule has 0 saturated heterocycles. The number of rotatable bonds is 15. The molecule has 8 heteroatoms. The van der Waals surface area contributed by atoms with Gasteiger partial charge < -0.3 is 25.6 Å². The summed E-state index contributed by atoms with van der Waals surface area (Å²) >= 11 is 0. The summed E-state index contributed by atoms with van der Waals surface area (Å²) < 4.78 is 10.4. The second-order valence-electron chi connectivity index (χ2n) is 9.06. The van der Waals surface area contributed by atoms with Crippen LogP contribution in [0.25, 0.3) is 0 Å². The van der Waals surface area contributed by atoms with Gasteiger partial charge in [0.15, 0.2) is 0 Å². The number of aliphatic hydroxyl groups is 1. The van der Waals surface area contributed by atoms with Crippen molar-refractivity contribution in [3.05, 3.63) is 0 Å². The smallest absolute Gasteiger partial charge is 0.407 e. The van der Waals surface area contributed by atoms with E-state index in [1.54, 1.807) is 0 Å². The molecule has 1 amide bonds. The van der Waals surface area contributed by atoms with Gasteiger partial charge in [-0.05, 0) is 38.0 Å². The molecule has 29 heavy (non-hydrogen) atoms. The predicted molar refractivity (Wildman–Crippen MR) is 114 cm³/mol. The van der Waals surface area contributed by atoms with Crippen LogP contribution in [-0.2, 0) is 14.3 Å². The quantitative estimate of drug-likeness (QED) is 0.140. The summed E-state index contributed by atoms with van der Waals surface area (Å²) in [6, 6.07) is 0. The second-order valence-corrected chi connectivity index (χ2v) is 9.06. The van der Waals surface area contributed by atoms with Crippen LogP contribution in [-0.4, -0.2) is 49.4 Å². The first-order valence-electron chi connectivity index (χ1n) is 10.5. The van der Waals surface area contributed by atoms with Crippen molar-refractivity contribution in [3.8, 4) is 0 Å². The number of carbonyl (C=O) groups excluding carboxylic acids is 2. The van der Waals surface area contributed by atoms with E-state index in [1.165, 1.54) is 6.92 Å². The van der Waals surface area contributed by atoms with Crippen LogP contribution in [0.2, 0.25) is 0 Å². The van der Waals surface area contributed by atoms with Crippen LogP contribution in [0.15, 0.2) is 0 Å². The number of nitrogens with one attached hydrogen (secondary N) is 2. The van der Waals surface area contributed by atoms with E-state index >= 15 is 0 Å². The number of aliphatic hydroxyl groups excluding tert-OH is 1. The molecule has 0 rings (SSSR count). The van der Waals surface area contributed by atoms with Crippen LogP contribution in [0.3, 0.4) is 0 Å². The molecule has 1 unspecified atom stereocenters. The van der Waals surface area contributed by atoms with Gasteiger partial charge in [0, 0.05) is 13.0 Å². The van der Waals surface area contributed by atoms with E-state index in [-0.39, 0.29) is 24.5 Å². The molecule has 1 atom stereocenters. The number of amidine groups is 1. The fraction of sp³-hybridized carbons (Fsp3) is 0.857. The van der Waals surface area contributed by atoms with Gasteiger partial charge >= 0.3 is 12.1 Å². The van der Waals surface area contributed by atoms with Gasteiger partial charge in [-0.1, -0.05) is 40.0 Å². The summed E-state index contributed by atoms with van der Waals surface area (Å²) in [5.74, 6) is -0.361. The Balaban J connectivity index is 4.01. The van der Waals surface area contributed by atoms with Crippen molar-refractivity contribution in [1.82, 2.24) is 5.32 Å². The first-order valence-corrected chi connectivity index (χ1v) is 10.5. The summed E-state index contributed by atoms with van der Waals surface area (Å²) in [5, 5.41) is 19.4. The summed E-state index contributed by atoms with van der Waals surface area (Å²) in [7, 11) is 0. The zero-order chi connectivity index (χ0) is 22.3. The SMILES string of the molecule is CC(C)(C)CCCNC(=O)OCC(C)(CO)C(=O)OCCCCCCCC(=N)N. The molecule has 0 spiro atoms. The van der Waals surface area contributed by atoms with Crippen molar-refractivity contribution in [1.29, 1.82) is 5.41 Å². The number of amides is 1. The molecular weight excluding hydrogens is 374 g/mol. The molecule has 8 nitrogen and oxygen atoms in total. The Labute approximate surface area is 175 Å². The van der Waals surface area contributed by atoms with Gasteiger partial charge in [0.05, 0.1) is 19.0 Å². The normalized spacial score (nSPS) is 13.4. The Morgan fingerprint density at radius 2 is 1.62 bits per heavy atom. The second kappa shape index (κ2) is 14.2. The van der Waals surface area contributed by atoms with Crippen molar-refractivity contribution in [2.45, 2.75) is 79.1 Å². The zero-order valence-corrected chi connectivity index (χ0v) is 18.6. The van der Waals surface area contributed by atoms with Crippen LogP contribution in [0.1, 0.15) is 79.1 Å². The monoisotopic (exact) mass is 415 g/mol. The van der Waals surface area contributed by atoms with Crippen LogP contribution < -0.4 is 11.1 Å². The Kier molecular flexibility index (Phi) is 13.3. The Bertz CT molecular complexity index is 505. The lowest BCUT2D eigenvalue weighted by Crippen LogP contribution is -2.40. The van der Waals surface area contributed by atoms with Crippen molar-refractivity contribution in [3.63, 3.8) is 0 Å². The van der Waals surface area contributed by atoms with E-state index < -0.39 is 24.1 Å². The summed E-state index contributed by atoms with van der Waals surface area (Å²) in [6.07, 6.45) is 6.34. The van der Waals surface area contributed by atoms with Gasteiger partial charge in [0.1, 0.15) is 12.0 Å². The van der Waals surface area contributed by atoms with E-state index in [0.717, 1.165) is 44.9 Å². The lowest BCUT2D eigenvalue weighted by atomic mass is 9.91. The highest BCUT2D eigenvalue weighted by Crippen LogP contribution is 2.20. The molecule has 170 valence electrons. The highest BCUT2D eigenvalue weighted by atomic mass is 16.6. The molecule has 0 aliphatic rings. The molecule has 0 aliphatic carbocycles. The summed E-state index contributed by atoms with van der Waals surface area (Å²) in [4.78, 5) is 24.1. The van der Waals surface area contributed by atoms with Gasteiger partial charge in [0.2, 0.25) is 0 Å². The molecule has 0 fully saturated rings. The molecule has 0 bridgehead atoms. The highest BCUT2D eigenvalue weighted by molar-refractivity contribution is 5.77. The van der Waals surface area contributed by atoms with Crippen LogP contribution >= 0.6 is 0 Å². The Morgan fingerprint density at radius 1 is 1.00 bits per heavy atom. The maximum atomic E-state index is 12.3. The standard InChI is InChI=1S/C21H41N3O5/c1-20(2,3)12-10-13-24-19(27)29-16-21(4,15-25)18(26)28-14-9-7-5-6-8-11-17(22)23/h25H,5-16H2,1-4H3,(H3,22,23)(H,24,27). The number of alkyl carbamates (subject to hydrolysis) is 1. The maximum Gasteiger partial charge on any atom is 0.407 e. The average Bonchev–Trinajstić information content (AvgIpc) is 2.64. The number of hydrogen-bond donors (Lipinski definition) is 4. The van der Waals surface area contributed by atoms with Crippen molar-refractivity contribution < 1.29 is 24.2 Å². The number of carbonyl (C=O) groups is 2. The Morgan fingerprint density at radius 3 is 2.21 bits per heavy atom. The van der Waals surface area contributed by atoms with Crippen molar-refractivity contribution >= 4 is 17.9 Å². The van der Waals surface area contributed by atoms with E-state index in [0.29, 0.717) is 13.0 Å². The van der Waals surface area contributed by atoms with Crippen molar-refractivity contribution in [2.75, 3.05) is 26.4 Å². The lowest BCUT2D eigenvalue weighted by Gasteiger charge is -2.24. The van der Waals surface area contributed by atoms with E-state index in [1.807, 2.05) is 0 Å². The first-order chi connectivity index (χ1) is 13.5. The third kappa shape index (κ3) is 14.8. The summed E-state index contributed by atoms with van der Waals surface area (Å²) in [6.45, 7) is 7.99. The van der Waals surface area contributed by atoms with Crippen molar-refractivity contribution in [2.24, 2.45) is 16.6 Å². The third-order valence-corrected chi connectivity index (χ3v) is 4.56. The van der Waals surface area contributed by atoms with Crippen LogP contribution in [0.5, 0.6) is 0 Å². The minimum atomic E-state index is -1.27. The van der Waals surface area contributed by atoms with Crippen LogP contribution in [0.4, 0.5) is 4.79 Å². The predicted octanol–water partition coefficient (Wildman–Crippen LogP) is 3.36. The van der Waals surface area contributed by atoms with E-state index in [9.17, 15) is 14.7 Å². The molecular formula is C21H41N3O5. The molecule has 0 heterocycles. The van der Waals surface area contributed by atoms with Crippen LogP contribution in [0, 0.1) is 16.2 Å². The number of hydrogen-bond acceptors (Lipinski definition) is 6. The summed E-state index contributed by atoms with van der Waals surface area (Å²) in [5.41, 5.74) is 4.24.